The van der Waals surface area contributed by atoms with Gasteiger partial charge in [0, 0.05) is 20.7 Å². The van der Waals surface area contributed by atoms with Gasteiger partial charge < -0.3 is 9.84 Å². The van der Waals surface area contributed by atoms with E-state index in [1.165, 1.54) is 11.3 Å². The van der Waals surface area contributed by atoms with Crippen LogP contribution in [0.3, 0.4) is 0 Å². The number of carbonyl (C=O) groups excluding carboxylic acids is 1. The molecule has 1 N–H and O–H groups in total. The Balaban J connectivity index is 1.48. The number of amides is 1. The van der Waals surface area contributed by atoms with Gasteiger partial charge in [-0.25, -0.2) is 0 Å². The van der Waals surface area contributed by atoms with Gasteiger partial charge in [-0.1, -0.05) is 58.7 Å². The maximum atomic E-state index is 12.4. The van der Waals surface area contributed by atoms with E-state index in [1.54, 1.807) is 18.2 Å². The molecule has 0 aliphatic heterocycles. The third kappa shape index (κ3) is 3.31. The van der Waals surface area contributed by atoms with Crippen LogP contribution in [-0.2, 0) is 6.54 Å². The van der Waals surface area contributed by atoms with Crippen LogP contribution in [0, 0.1) is 0 Å². The molecule has 26 heavy (non-hydrogen) atoms. The smallest absolute Gasteiger partial charge is 0.263 e. The molecule has 0 bridgehead atoms. The lowest BCUT2D eigenvalue weighted by molar-refractivity contribution is 0.0950. The number of rotatable bonds is 4. The van der Waals surface area contributed by atoms with Crippen LogP contribution in [0.15, 0.2) is 53.1 Å². The van der Waals surface area contributed by atoms with E-state index in [1.807, 2.05) is 30.3 Å². The molecule has 0 saturated carbocycles. The van der Waals surface area contributed by atoms with E-state index >= 15 is 0 Å². The monoisotopic (exact) mass is 403 g/mol. The molecule has 2 aromatic carbocycles. The third-order valence-corrected chi connectivity index (χ3v) is 5.60. The summed E-state index contributed by atoms with van der Waals surface area (Å²) in [5.74, 6) is 0.431. The number of nitrogens with zero attached hydrogens (tertiary/aromatic N) is 2. The minimum Gasteiger partial charge on any atom is -0.342 e. The summed E-state index contributed by atoms with van der Waals surface area (Å²) >= 11 is 13.6. The molecule has 0 aliphatic rings. The van der Waals surface area contributed by atoms with Crippen molar-refractivity contribution in [3.63, 3.8) is 0 Å². The molecule has 4 aromatic rings. The fourth-order valence-corrected chi connectivity index (χ4v) is 4.09. The Morgan fingerprint density at radius 1 is 1.15 bits per heavy atom. The van der Waals surface area contributed by atoms with Gasteiger partial charge in [0.1, 0.15) is 4.88 Å². The minimum atomic E-state index is -0.279. The second kappa shape index (κ2) is 7.07. The number of aromatic nitrogens is 2. The molecule has 2 heterocycles. The molecule has 0 fully saturated rings. The highest BCUT2D eigenvalue weighted by molar-refractivity contribution is 7.21. The van der Waals surface area contributed by atoms with Crippen molar-refractivity contribution >= 4 is 50.5 Å². The summed E-state index contributed by atoms with van der Waals surface area (Å²) in [6, 6.07) is 14.8. The lowest BCUT2D eigenvalue weighted by Crippen LogP contribution is -2.22. The van der Waals surface area contributed by atoms with Crippen LogP contribution in [0.5, 0.6) is 0 Å². The number of hydrogen-bond acceptors (Lipinski definition) is 5. The van der Waals surface area contributed by atoms with E-state index in [2.05, 4.69) is 15.5 Å². The number of benzene rings is 2. The van der Waals surface area contributed by atoms with Crippen LogP contribution < -0.4 is 5.32 Å². The Labute approximate surface area is 162 Å². The Hall–Kier alpha value is -2.41. The Kier molecular flexibility index (Phi) is 4.63. The van der Waals surface area contributed by atoms with E-state index in [4.69, 9.17) is 27.7 Å². The molecule has 8 heteroatoms. The highest BCUT2D eigenvalue weighted by atomic mass is 35.5. The van der Waals surface area contributed by atoms with Crippen LogP contribution in [0.4, 0.5) is 0 Å². The lowest BCUT2D eigenvalue weighted by Gasteiger charge is -2.00. The first-order valence-electron chi connectivity index (χ1n) is 7.65. The Morgan fingerprint density at radius 3 is 2.81 bits per heavy atom. The zero-order chi connectivity index (χ0) is 18.1. The van der Waals surface area contributed by atoms with E-state index < -0.39 is 0 Å². The number of carbonyl (C=O) groups is 1. The number of nitrogens with one attached hydrogen (secondary N) is 1. The van der Waals surface area contributed by atoms with Gasteiger partial charge in [0.2, 0.25) is 11.7 Å². The zero-order valence-electron chi connectivity index (χ0n) is 13.2. The van der Waals surface area contributed by atoms with Crippen molar-refractivity contribution in [1.82, 2.24) is 15.5 Å². The molecule has 0 spiro atoms. The molecular formula is C18H11Cl2N3O2S. The summed E-state index contributed by atoms with van der Waals surface area (Å²) in [7, 11) is 0. The summed E-state index contributed by atoms with van der Waals surface area (Å²) in [4.78, 5) is 17.2. The highest BCUT2D eigenvalue weighted by Crippen LogP contribution is 2.35. The number of thiophene rings is 1. The summed E-state index contributed by atoms with van der Waals surface area (Å²) in [5, 5.41) is 8.57. The average molecular weight is 404 g/mol. The van der Waals surface area contributed by atoms with E-state index in [-0.39, 0.29) is 12.5 Å². The van der Waals surface area contributed by atoms with E-state index in [0.717, 1.165) is 15.6 Å². The summed E-state index contributed by atoms with van der Waals surface area (Å²) in [5.41, 5.74) is 0.742. The summed E-state index contributed by atoms with van der Waals surface area (Å²) in [6.07, 6.45) is 0. The van der Waals surface area contributed by atoms with Crippen molar-refractivity contribution in [1.29, 1.82) is 0 Å². The van der Waals surface area contributed by atoms with Gasteiger partial charge in [0.15, 0.2) is 0 Å². The first-order chi connectivity index (χ1) is 12.6. The fraction of sp³-hybridized carbons (Fsp3) is 0.0556. The standard InChI is InChI=1S/C18H11Cl2N3O2S/c19-11-5-3-4-10(8-11)17-22-14(25-23-17)9-21-18(24)16-15(20)12-6-1-2-7-13(12)26-16/h1-8H,9H2,(H,21,24). The SMILES string of the molecule is O=C(NCc1nc(-c2cccc(Cl)c2)no1)c1sc2ccccc2c1Cl. The zero-order valence-corrected chi connectivity index (χ0v) is 15.5. The van der Waals surface area contributed by atoms with Gasteiger partial charge in [-0.2, -0.15) is 4.98 Å². The molecule has 4 rings (SSSR count). The van der Waals surface area contributed by atoms with E-state index in [9.17, 15) is 4.79 Å². The average Bonchev–Trinajstić information content (AvgIpc) is 3.25. The lowest BCUT2D eigenvalue weighted by atomic mass is 10.2. The first-order valence-corrected chi connectivity index (χ1v) is 9.23. The normalized spacial score (nSPS) is 11.0. The molecule has 0 aliphatic carbocycles. The first kappa shape index (κ1) is 17.0. The topological polar surface area (TPSA) is 68.0 Å². The number of fused-ring (bicyclic) bond motifs is 1. The largest absolute Gasteiger partial charge is 0.342 e. The van der Waals surface area contributed by atoms with Crippen molar-refractivity contribution < 1.29 is 9.32 Å². The maximum Gasteiger partial charge on any atom is 0.263 e. The van der Waals surface area contributed by atoms with Gasteiger partial charge in [-0.05, 0) is 18.2 Å². The molecule has 0 unspecified atom stereocenters. The Morgan fingerprint density at radius 2 is 2.00 bits per heavy atom. The maximum absolute atomic E-state index is 12.4. The molecular weight excluding hydrogens is 393 g/mol. The summed E-state index contributed by atoms with van der Waals surface area (Å²) < 4.78 is 6.15. The second-order valence-electron chi connectivity index (χ2n) is 5.45. The predicted octanol–water partition coefficient (Wildman–Crippen LogP) is 5.19. The number of halogens is 2. The van der Waals surface area contributed by atoms with Gasteiger partial charge >= 0.3 is 0 Å². The highest BCUT2D eigenvalue weighted by Gasteiger charge is 2.17. The Bertz CT molecular complexity index is 1110. The van der Waals surface area contributed by atoms with Crippen molar-refractivity contribution in [3.05, 3.63) is 69.3 Å². The van der Waals surface area contributed by atoms with Gasteiger partial charge in [-0.15, -0.1) is 11.3 Å². The van der Waals surface area contributed by atoms with Crippen molar-refractivity contribution in [3.8, 4) is 11.4 Å². The van der Waals surface area contributed by atoms with Crippen molar-refractivity contribution in [2.75, 3.05) is 0 Å². The van der Waals surface area contributed by atoms with Crippen LogP contribution >= 0.6 is 34.5 Å². The molecule has 5 nitrogen and oxygen atoms in total. The quantitative estimate of drug-likeness (QED) is 0.509. The molecule has 130 valence electrons. The van der Waals surface area contributed by atoms with Crippen LogP contribution in [0.25, 0.3) is 21.5 Å². The van der Waals surface area contributed by atoms with Gasteiger partial charge in [0.25, 0.3) is 5.91 Å². The molecule has 2 aromatic heterocycles. The fourth-order valence-electron chi connectivity index (χ4n) is 2.47. The second-order valence-corrected chi connectivity index (χ2v) is 7.31. The molecule has 1 amide bonds. The summed E-state index contributed by atoms with van der Waals surface area (Å²) in [6.45, 7) is 0.108. The number of hydrogen-bond donors (Lipinski definition) is 1. The third-order valence-electron chi connectivity index (χ3n) is 3.69. The van der Waals surface area contributed by atoms with E-state index in [0.29, 0.717) is 26.6 Å². The minimum absolute atomic E-state index is 0.108. The van der Waals surface area contributed by atoms with Crippen LogP contribution in [0.2, 0.25) is 10.0 Å². The molecule has 0 radical (unpaired) electrons. The van der Waals surface area contributed by atoms with Crippen molar-refractivity contribution in [2.45, 2.75) is 6.54 Å². The van der Waals surface area contributed by atoms with Crippen LogP contribution in [-0.4, -0.2) is 16.0 Å². The van der Waals surface area contributed by atoms with Gasteiger partial charge in [0.05, 0.1) is 11.6 Å². The predicted molar refractivity (Wildman–Crippen MR) is 103 cm³/mol. The molecule has 0 saturated heterocycles. The van der Waals surface area contributed by atoms with Gasteiger partial charge in [-0.3, -0.25) is 4.79 Å². The molecule has 0 atom stereocenters. The van der Waals surface area contributed by atoms with Crippen LogP contribution in [0.1, 0.15) is 15.6 Å². The van der Waals surface area contributed by atoms with Crippen molar-refractivity contribution in [2.24, 2.45) is 0 Å².